The molecule has 0 radical (unpaired) electrons. The van der Waals surface area contributed by atoms with Crippen molar-refractivity contribution >= 4 is 0 Å². The number of nitrogens with zero attached hydrogens (tertiary/aromatic N) is 3. The topological polar surface area (TPSA) is 54.5 Å². The number of aromatic nitrogens is 4. The van der Waals surface area contributed by atoms with E-state index in [-0.39, 0.29) is 0 Å². The van der Waals surface area contributed by atoms with Gasteiger partial charge in [0.15, 0.2) is 5.82 Å². The predicted octanol–water partition coefficient (Wildman–Crippen LogP) is 1.18. The molecule has 11 heavy (non-hydrogen) atoms. The first-order valence-electron chi connectivity index (χ1n) is 3.80. The number of rotatable bonds is 2. The zero-order chi connectivity index (χ0) is 8.32. The maximum absolute atomic E-state index is 3.87. The monoisotopic (exact) mass is 154 g/mol. The average Bonchev–Trinajstić information content (AvgIpc) is 2.32. The Kier molecular flexibility index (Phi) is 2.22. The third kappa shape index (κ3) is 3.11. The average molecular weight is 154 g/mol. The van der Waals surface area contributed by atoms with E-state index in [0.717, 1.165) is 18.7 Å². The molecule has 0 unspecified atom stereocenters. The Labute approximate surface area is 66.4 Å². The number of aryl methyl sites for hydroxylation is 1. The van der Waals surface area contributed by atoms with Gasteiger partial charge >= 0.3 is 0 Å². The number of nitrogens with one attached hydrogen (secondary N) is 1. The second-order valence-corrected chi connectivity index (χ2v) is 3.89. The highest BCUT2D eigenvalue weighted by Gasteiger charge is 2.11. The van der Waals surface area contributed by atoms with Gasteiger partial charge in [0.05, 0.1) is 0 Å². The van der Waals surface area contributed by atoms with Gasteiger partial charge in [0.1, 0.15) is 0 Å². The molecule has 62 valence electrons. The summed E-state index contributed by atoms with van der Waals surface area (Å²) in [6, 6.07) is 0. The molecule has 0 saturated heterocycles. The normalized spacial score (nSPS) is 11.9. The molecule has 0 aliphatic rings. The van der Waals surface area contributed by atoms with Gasteiger partial charge in [-0.05, 0) is 11.8 Å². The largest absolute Gasteiger partial charge is 0.177 e. The quantitative estimate of drug-likeness (QED) is 0.695. The fourth-order valence-corrected chi connectivity index (χ4v) is 0.775. The lowest BCUT2D eigenvalue weighted by atomic mass is 9.90. The Morgan fingerprint density at radius 3 is 2.55 bits per heavy atom. The van der Waals surface area contributed by atoms with Crippen molar-refractivity contribution in [3.8, 4) is 0 Å². The molecule has 1 heterocycles. The summed E-state index contributed by atoms with van der Waals surface area (Å²) in [7, 11) is 0. The van der Waals surface area contributed by atoms with Crippen molar-refractivity contribution in [1.82, 2.24) is 20.6 Å². The summed E-state index contributed by atoms with van der Waals surface area (Å²) in [6.07, 6.45) is 1.99. The second-order valence-electron chi connectivity index (χ2n) is 3.89. The molecular weight excluding hydrogens is 140 g/mol. The van der Waals surface area contributed by atoms with Crippen LogP contribution in [-0.4, -0.2) is 20.6 Å². The van der Waals surface area contributed by atoms with Crippen LogP contribution < -0.4 is 0 Å². The fraction of sp³-hybridized carbons (Fsp3) is 0.857. The minimum atomic E-state index is 0.348. The van der Waals surface area contributed by atoms with Gasteiger partial charge in [0.25, 0.3) is 0 Å². The molecule has 1 aromatic rings. The smallest absolute Gasteiger partial charge is 0.174 e. The van der Waals surface area contributed by atoms with Crippen LogP contribution in [0.2, 0.25) is 0 Å². The number of H-pyrrole nitrogens is 1. The van der Waals surface area contributed by atoms with Crippen molar-refractivity contribution in [1.29, 1.82) is 0 Å². The predicted molar refractivity (Wildman–Crippen MR) is 42.0 cm³/mol. The van der Waals surface area contributed by atoms with Gasteiger partial charge in [-0.3, -0.25) is 0 Å². The van der Waals surface area contributed by atoms with Crippen LogP contribution in [0.5, 0.6) is 0 Å². The Hall–Kier alpha value is -0.930. The molecule has 4 heteroatoms. The molecule has 0 saturated carbocycles. The van der Waals surface area contributed by atoms with Gasteiger partial charge in [-0.15, -0.1) is 10.2 Å². The van der Waals surface area contributed by atoms with Crippen LogP contribution in [0.4, 0.5) is 0 Å². The first-order valence-corrected chi connectivity index (χ1v) is 3.80. The maximum atomic E-state index is 3.87. The summed E-state index contributed by atoms with van der Waals surface area (Å²) in [5, 5.41) is 13.7. The zero-order valence-corrected chi connectivity index (χ0v) is 7.26. The zero-order valence-electron chi connectivity index (χ0n) is 7.26. The molecule has 0 amide bonds. The van der Waals surface area contributed by atoms with Crippen LogP contribution in [0.1, 0.15) is 33.0 Å². The van der Waals surface area contributed by atoms with Gasteiger partial charge in [-0.25, -0.2) is 0 Å². The van der Waals surface area contributed by atoms with E-state index in [1.165, 1.54) is 0 Å². The molecule has 0 spiro atoms. The van der Waals surface area contributed by atoms with E-state index >= 15 is 0 Å². The summed E-state index contributed by atoms with van der Waals surface area (Å²) in [5.41, 5.74) is 0.348. The van der Waals surface area contributed by atoms with Crippen LogP contribution in [0.3, 0.4) is 0 Å². The number of tetrazole rings is 1. The lowest BCUT2D eigenvalue weighted by Crippen LogP contribution is -2.07. The van der Waals surface area contributed by atoms with E-state index < -0.39 is 0 Å². The van der Waals surface area contributed by atoms with Crippen LogP contribution in [0, 0.1) is 5.41 Å². The van der Waals surface area contributed by atoms with Crippen molar-refractivity contribution in [2.75, 3.05) is 0 Å². The van der Waals surface area contributed by atoms with Gasteiger partial charge in [-0.2, -0.15) is 5.21 Å². The SMILES string of the molecule is CC(C)(C)CCc1nn[nH]n1. The maximum Gasteiger partial charge on any atom is 0.174 e. The number of hydrogen-bond donors (Lipinski definition) is 1. The van der Waals surface area contributed by atoms with Crippen LogP contribution in [0.25, 0.3) is 0 Å². The number of hydrogen-bond acceptors (Lipinski definition) is 3. The Bertz CT molecular complexity index is 197. The molecular formula is C7H14N4. The van der Waals surface area contributed by atoms with E-state index in [2.05, 4.69) is 41.4 Å². The molecule has 4 nitrogen and oxygen atoms in total. The summed E-state index contributed by atoms with van der Waals surface area (Å²) < 4.78 is 0. The van der Waals surface area contributed by atoms with Crippen molar-refractivity contribution in [2.45, 2.75) is 33.6 Å². The van der Waals surface area contributed by atoms with Crippen molar-refractivity contribution in [3.05, 3.63) is 5.82 Å². The van der Waals surface area contributed by atoms with Crippen LogP contribution in [0.15, 0.2) is 0 Å². The van der Waals surface area contributed by atoms with Crippen LogP contribution in [-0.2, 0) is 6.42 Å². The van der Waals surface area contributed by atoms with E-state index in [4.69, 9.17) is 0 Å². The third-order valence-electron chi connectivity index (χ3n) is 1.49. The first-order chi connectivity index (χ1) is 5.08. The fourth-order valence-electron chi connectivity index (χ4n) is 0.775. The third-order valence-corrected chi connectivity index (χ3v) is 1.49. The van der Waals surface area contributed by atoms with Gasteiger partial charge in [0.2, 0.25) is 0 Å². The highest BCUT2D eigenvalue weighted by Crippen LogP contribution is 2.19. The van der Waals surface area contributed by atoms with E-state index in [0.29, 0.717) is 5.41 Å². The lowest BCUT2D eigenvalue weighted by molar-refractivity contribution is 0.374. The van der Waals surface area contributed by atoms with Crippen LogP contribution >= 0.6 is 0 Å². The minimum Gasteiger partial charge on any atom is -0.177 e. The molecule has 0 bridgehead atoms. The highest BCUT2D eigenvalue weighted by molar-refractivity contribution is 4.78. The second kappa shape index (κ2) is 2.98. The van der Waals surface area contributed by atoms with Gasteiger partial charge in [0, 0.05) is 6.42 Å². The summed E-state index contributed by atoms with van der Waals surface area (Å²) >= 11 is 0. The molecule has 0 aromatic carbocycles. The number of aromatic amines is 1. The molecule has 0 atom stereocenters. The summed E-state index contributed by atoms with van der Waals surface area (Å²) in [4.78, 5) is 0. The molecule has 1 rings (SSSR count). The minimum absolute atomic E-state index is 0.348. The van der Waals surface area contributed by atoms with Crippen molar-refractivity contribution in [3.63, 3.8) is 0 Å². The highest BCUT2D eigenvalue weighted by atomic mass is 15.5. The first kappa shape index (κ1) is 8.17. The van der Waals surface area contributed by atoms with E-state index in [1.807, 2.05) is 0 Å². The lowest BCUT2D eigenvalue weighted by Gasteiger charge is -2.15. The van der Waals surface area contributed by atoms with E-state index in [1.54, 1.807) is 0 Å². The van der Waals surface area contributed by atoms with Crippen molar-refractivity contribution in [2.24, 2.45) is 5.41 Å². The Morgan fingerprint density at radius 1 is 1.36 bits per heavy atom. The van der Waals surface area contributed by atoms with E-state index in [9.17, 15) is 0 Å². The van der Waals surface area contributed by atoms with Crippen molar-refractivity contribution < 1.29 is 0 Å². The van der Waals surface area contributed by atoms with Gasteiger partial charge in [-0.1, -0.05) is 26.0 Å². The Balaban J connectivity index is 2.35. The standard InChI is InChI=1S/C7H14N4/c1-7(2,3)5-4-6-8-10-11-9-6/h4-5H2,1-3H3,(H,8,9,10,11). The molecule has 1 N–H and O–H groups in total. The molecule has 0 aliphatic heterocycles. The summed E-state index contributed by atoms with van der Waals surface area (Å²) in [6.45, 7) is 6.60. The molecule has 0 aliphatic carbocycles. The Morgan fingerprint density at radius 2 is 2.09 bits per heavy atom. The van der Waals surface area contributed by atoms with Gasteiger partial charge < -0.3 is 0 Å². The summed E-state index contributed by atoms with van der Waals surface area (Å²) in [5.74, 6) is 0.805. The molecule has 1 aromatic heterocycles. The molecule has 0 fully saturated rings.